The van der Waals surface area contributed by atoms with Gasteiger partial charge in [-0.1, -0.05) is 146 Å². The molecule has 4 aromatic carbocycles. The predicted octanol–water partition coefficient (Wildman–Crippen LogP) is 8.63. The average molecular weight is 419 g/mol. The lowest BCUT2D eigenvalue weighted by atomic mass is 10.1. The highest BCUT2D eigenvalue weighted by Crippen LogP contribution is 2.42. The van der Waals surface area contributed by atoms with E-state index in [1.807, 2.05) is 11.8 Å². The Morgan fingerprint density at radius 3 is 1.10 bits per heavy atom. The normalized spacial score (nSPS) is 13.4. The molecule has 0 heterocycles. The van der Waals surface area contributed by atoms with Crippen molar-refractivity contribution in [1.82, 2.24) is 0 Å². The fraction of sp³-hybridized carbons (Fsp3) is 0.0667. The second kappa shape index (κ2) is 11.2. The van der Waals surface area contributed by atoms with Crippen molar-refractivity contribution in [3.8, 4) is 0 Å². The van der Waals surface area contributed by atoms with E-state index in [1.54, 1.807) is 0 Å². The highest BCUT2D eigenvalue weighted by atomic mass is 32.2. The van der Waals surface area contributed by atoms with E-state index < -0.39 is 0 Å². The van der Waals surface area contributed by atoms with Crippen LogP contribution in [0.15, 0.2) is 133 Å². The lowest BCUT2D eigenvalue weighted by Gasteiger charge is -2.20. The molecule has 0 aromatic heterocycles. The predicted molar refractivity (Wildman–Crippen MR) is 137 cm³/mol. The molecule has 1 heteroatoms. The second-order valence-corrected chi connectivity index (χ2v) is 8.63. The molecule has 4 rings (SSSR count). The molecule has 31 heavy (non-hydrogen) atoms. The summed E-state index contributed by atoms with van der Waals surface area (Å²) in [5.41, 5.74) is 5.07. The van der Waals surface area contributed by atoms with E-state index in [4.69, 9.17) is 0 Å². The maximum Gasteiger partial charge on any atom is 0.0489 e. The number of hydrogen-bond acceptors (Lipinski definition) is 1. The van der Waals surface area contributed by atoms with Crippen molar-refractivity contribution in [3.63, 3.8) is 0 Å². The molecule has 0 spiro atoms. The van der Waals surface area contributed by atoms with Gasteiger partial charge in [0.15, 0.2) is 0 Å². The maximum absolute atomic E-state index is 2.32. The highest BCUT2D eigenvalue weighted by Gasteiger charge is 2.16. The molecule has 0 amide bonds. The largest absolute Gasteiger partial charge is 0.137 e. The molecule has 0 aliphatic heterocycles. The van der Waals surface area contributed by atoms with Gasteiger partial charge in [0.1, 0.15) is 0 Å². The maximum atomic E-state index is 2.32. The Morgan fingerprint density at radius 1 is 0.419 bits per heavy atom. The van der Waals surface area contributed by atoms with Crippen molar-refractivity contribution in [1.29, 1.82) is 0 Å². The van der Waals surface area contributed by atoms with E-state index in [2.05, 4.69) is 146 Å². The topological polar surface area (TPSA) is 0 Å². The van der Waals surface area contributed by atoms with Crippen LogP contribution >= 0.6 is 11.8 Å². The third-order valence-electron chi connectivity index (χ3n) is 5.08. The SMILES string of the molecule is C(=CC(SC(/C=C\c1ccccc1)c1ccccc1)c1ccccc1)c1ccccc1. The van der Waals surface area contributed by atoms with Gasteiger partial charge in [0.25, 0.3) is 0 Å². The summed E-state index contributed by atoms with van der Waals surface area (Å²) in [4.78, 5) is 0. The van der Waals surface area contributed by atoms with Crippen LogP contribution in [0.25, 0.3) is 12.2 Å². The Kier molecular flexibility index (Phi) is 7.57. The van der Waals surface area contributed by atoms with Gasteiger partial charge in [-0.3, -0.25) is 0 Å². The molecule has 0 nitrogen and oxygen atoms in total. The lowest BCUT2D eigenvalue weighted by Crippen LogP contribution is -1.97. The summed E-state index contributed by atoms with van der Waals surface area (Å²) in [6.07, 6.45) is 9.10. The average Bonchev–Trinajstić information content (AvgIpc) is 2.86. The van der Waals surface area contributed by atoms with Crippen LogP contribution in [0, 0.1) is 0 Å². The van der Waals surface area contributed by atoms with Crippen molar-refractivity contribution in [2.75, 3.05) is 0 Å². The Morgan fingerprint density at radius 2 is 0.742 bits per heavy atom. The molecule has 2 atom stereocenters. The van der Waals surface area contributed by atoms with Crippen LogP contribution in [-0.4, -0.2) is 0 Å². The molecule has 0 saturated heterocycles. The summed E-state index contributed by atoms with van der Waals surface area (Å²) in [5, 5.41) is 0.485. The first-order valence-corrected chi connectivity index (χ1v) is 11.5. The van der Waals surface area contributed by atoms with Gasteiger partial charge in [-0.25, -0.2) is 0 Å². The van der Waals surface area contributed by atoms with Crippen LogP contribution in [0.4, 0.5) is 0 Å². The molecular formula is C30H26S. The summed E-state index contributed by atoms with van der Waals surface area (Å²) in [6, 6.07) is 42.5. The van der Waals surface area contributed by atoms with Crippen LogP contribution in [0.1, 0.15) is 32.8 Å². The third-order valence-corrected chi connectivity index (χ3v) is 6.52. The fourth-order valence-electron chi connectivity index (χ4n) is 3.44. The molecule has 0 aliphatic carbocycles. The first-order valence-electron chi connectivity index (χ1n) is 10.6. The smallest absolute Gasteiger partial charge is 0.0489 e. The van der Waals surface area contributed by atoms with E-state index >= 15 is 0 Å². The van der Waals surface area contributed by atoms with Crippen molar-refractivity contribution < 1.29 is 0 Å². The van der Waals surface area contributed by atoms with Gasteiger partial charge in [0.05, 0.1) is 0 Å². The first kappa shape index (κ1) is 21.0. The minimum Gasteiger partial charge on any atom is -0.137 e. The van der Waals surface area contributed by atoms with Crippen LogP contribution < -0.4 is 0 Å². The summed E-state index contributed by atoms with van der Waals surface area (Å²) in [7, 11) is 0. The zero-order valence-corrected chi connectivity index (χ0v) is 18.2. The van der Waals surface area contributed by atoms with E-state index in [9.17, 15) is 0 Å². The zero-order chi connectivity index (χ0) is 21.1. The van der Waals surface area contributed by atoms with Crippen LogP contribution in [0.3, 0.4) is 0 Å². The molecule has 0 saturated carbocycles. The van der Waals surface area contributed by atoms with Crippen LogP contribution in [0.5, 0.6) is 0 Å². The van der Waals surface area contributed by atoms with Crippen molar-refractivity contribution in [2.24, 2.45) is 0 Å². The quantitative estimate of drug-likeness (QED) is 0.276. The summed E-state index contributed by atoms with van der Waals surface area (Å²) in [5.74, 6) is 0. The van der Waals surface area contributed by atoms with Gasteiger partial charge >= 0.3 is 0 Å². The van der Waals surface area contributed by atoms with Crippen molar-refractivity contribution in [3.05, 3.63) is 156 Å². The van der Waals surface area contributed by atoms with Gasteiger partial charge < -0.3 is 0 Å². The molecule has 0 bridgehead atoms. The van der Waals surface area contributed by atoms with E-state index in [-0.39, 0.29) is 10.5 Å². The van der Waals surface area contributed by atoms with E-state index in [1.165, 1.54) is 22.3 Å². The molecule has 2 unspecified atom stereocenters. The third kappa shape index (κ3) is 6.34. The second-order valence-electron chi connectivity index (χ2n) is 7.34. The summed E-state index contributed by atoms with van der Waals surface area (Å²) >= 11 is 1.96. The number of benzene rings is 4. The van der Waals surface area contributed by atoms with Gasteiger partial charge in [-0.15, -0.1) is 11.8 Å². The number of rotatable bonds is 8. The molecule has 0 radical (unpaired) electrons. The number of hydrogen-bond donors (Lipinski definition) is 0. The van der Waals surface area contributed by atoms with Crippen molar-refractivity contribution in [2.45, 2.75) is 10.5 Å². The van der Waals surface area contributed by atoms with Gasteiger partial charge in [0, 0.05) is 10.5 Å². The summed E-state index contributed by atoms with van der Waals surface area (Å²) in [6.45, 7) is 0. The molecule has 0 fully saturated rings. The molecule has 152 valence electrons. The van der Waals surface area contributed by atoms with Gasteiger partial charge in [-0.2, -0.15) is 0 Å². The molecule has 0 aliphatic rings. The first-order chi connectivity index (χ1) is 15.4. The lowest BCUT2D eigenvalue weighted by molar-refractivity contribution is 1.17. The minimum absolute atomic E-state index is 0.243. The summed E-state index contributed by atoms with van der Waals surface area (Å²) < 4.78 is 0. The van der Waals surface area contributed by atoms with Crippen LogP contribution in [0.2, 0.25) is 0 Å². The number of thioether (sulfide) groups is 1. The van der Waals surface area contributed by atoms with E-state index in [0.717, 1.165) is 0 Å². The molecular weight excluding hydrogens is 392 g/mol. The standard InChI is InChI=1S/C30H26S/c1-5-13-25(14-6-1)21-23-29(27-17-9-3-10-18-27)31-30(28-19-11-4-12-20-28)24-22-26-15-7-2-8-16-26/h1-24,29-30H/b23-21-,24-22?. The fourth-order valence-corrected chi connectivity index (χ4v) is 4.72. The Balaban J connectivity index is 1.64. The zero-order valence-electron chi connectivity index (χ0n) is 17.4. The monoisotopic (exact) mass is 418 g/mol. The highest BCUT2D eigenvalue weighted by molar-refractivity contribution is 8.00. The molecule has 0 N–H and O–H groups in total. The Bertz CT molecular complexity index is 993. The Hall–Kier alpha value is -3.29. The van der Waals surface area contributed by atoms with Gasteiger partial charge in [0.2, 0.25) is 0 Å². The van der Waals surface area contributed by atoms with Crippen molar-refractivity contribution >= 4 is 23.9 Å². The van der Waals surface area contributed by atoms with Gasteiger partial charge in [-0.05, 0) is 22.3 Å². The van der Waals surface area contributed by atoms with E-state index in [0.29, 0.717) is 0 Å². The minimum atomic E-state index is 0.243. The Labute approximate surface area is 190 Å². The molecule has 4 aromatic rings. The van der Waals surface area contributed by atoms with Crippen LogP contribution in [-0.2, 0) is 0 Å².